The average molecular weight is 714 g/mol. The van der Waals surface area contributed by atoms with Gasteiger partial charge in [0.1, 0.15) is 0 Å². The van der Waals surface area contributed by atoms with Crippen LogP contribution in [0, 0.1) is 0 Å². The third-order valence-electron chi connectivity index (χ3n) is 11.3. The van der Waals surface area contributed by atoms with Gasteiger partial charge in [0, 0.05) is 38.5 Å². The second-order valence-corrected chi connectivity index (χ2v) is 14.5. The highest BCUT2D eigenvalue weighted by atomic mass is 15.2. The highest BCUT2D eigenvalue weighted by Gasteiger charge is 2.27. The molecule has 0 saturated heterocycles. The van der Waals surface area contributed by atoms with Crippen LogP contribution in [0.2, 0.25) is 0 Å². The van der Waals surface area contributed by atoms with E-state index in [-0.39, 0.29) is 0 Å². The van der Waals surface area contributed by atoms with Crippen molar-refractivity contribution >= 4 is 71.2 Å². The fourth-order valence-corrected chi connectivity index (χ4v) is 8.80. The van der Waals surface area contributed by atoms with E-state index in [1.54, 1.807) is 0 Å². The van der Waals surface area contributed by atoms with Crippen LogP contribution in [-0.2, 0) is 0 Å². The van der Waals surface area contributed by atoms with E-state index in [0.717, 1.165) is 55.1 Å². The normalized spacial score (nSPS) is 12.2. The number of hydrogen-bond donors (Lipinski definition) is 0. The molecule has 0 aliphatic carbocycles. The molecule has 1 aliphatic rings. The van der Waals surface area contributed by atoms with E-state index in [0.29, 0.717) is 17.6 Å². The Morgan fingerprint density at radius 2 is 0.929 bits per heavy atom. The minimum Gasteiger partial charge on any atom is -0.309 e. The van der Waals surface area contributed by atoms with Crippen LogP contribution in [0.15, 0.2) is 188 Å². The van der Waals surface area contributed by atoms with Gasteiger partial charge in [-0.15, -0.1) is 0 Å². The van der Waals surface area contributed by atoms with Gasteiger partial charge in [-0.3, -0.25) is 4.57 Å². The fraction of sp³-hybridized carbons (Fsp3) is 0. The van der Waals surface area contributed by atoms with Crippen molar-refractivity contribution in [2.45, 2.75) is 0 Å². The van der Waals surface area contributed by atoms with Crippen LogP contribution in [0.1, 0.15) is 0 Å². The second-order valence-electron chi connectivity index (χ2n) is 14.5. The summed E-state index contributed by atoms with van der Waals surface area (Å²) in [5.74, 6) is 1.83. The zero-order chi connectivity index (χ0) is 36.7. The highest BCUT2D eigenvalue weighted by Crippen LogP contribution is 2.52. The summed E-state index contributed by atoms with van der Waals surface area (Å²) >= 11 is 0. The molecule has 56 heavy (non-hydrogen) atoms. The number of hydrogen-bond acceptors (Lipinski definition) is 4. The summed E-state index contributed by atoms with van der Waals surface area (Å²) in [5, 5.41) is 9.48. The van der Waals surface area contributed by atoms with Gasteiger partial charge in [-0.1, -0.05) is 133 Å². The van der Waals surface area contributed by atoms with E-state index < -0.39 is 0 Å². The molecular weight excluding hydrogens is 683 g/mol. The van der Waals surface area contributed by atoms with Crippen molar-refractivity contribution in [1.82, 2.24) is 19.5 Å². The molecule has 12 rings (SSSR count). The highest BCUT2D eigenvalue weighted by molar-refractivity contribution is 6.15. The molecule has 5 nitrogen and oxygen atoms in total. The number of anilines is 3. The first-order chi connectivity index (χ1) is 27.8. The van der Waals surface area contributed by atoms with Gasteiger partial charge in [-0.2, -0.15) is 9.97 Å². The maximum atomic E-state index is 5.25. The molecule has 0 atom stereocenters. The lowest BCUT2D eigenvalue weighted by atomic mass is 9.89. The molecule has 9 aromatic carbocycles. The lowest BCUT2D eigenvalue weighted by Crippen LogP contribution is -2.15. The van der Waals surface area contributed by atoms with Crippen molar-refractivity contribution in [2.24, 2.45) is 0 Å². The Kier molecular flexibility index (Phi) is 6.56. The monoisotopic (exact) mass is 713 g/mol. The zero-order valence-corrected chi connectivity index (χ0v) is 30.1. The summed E-state index contributed by atoms with van der Waals surface area (Å²) in [6.07, 6.45) is 0. The molecule has 0 N–H and O–H groups in total. The van der Waals surface area contributed by atoms with Crippen LogP contribution in [-0.4, -0.2) is 19.5 Å². The molecule has 11 aromatic rings. The number of rotatable bonds is 4. The number of nitrogens with zero attached hydrogens (tertiary/aromatic N) is 5. The molecular formula is C51H31N5. The molecule has 0 radical (unpaired) electrons. The number of para-hydroxylation sites is 2. The molecule has 0 fully saturated rings. The summed E-state index contributed by atoms with van der Waals surface area (Å²) in [4.78, 5) is 18.1. The van der Waals surface area contributed by atoms with Gasteiger partial charge in [0.25, 0.3) is 0 Å². The Morgan fingerprint density at radius 1 is 0.357 bits per heavy atom. The third-order valence-corrected chi connectivity index (χ3v) is 11.3. The van der Waals surface area contributed by atoms with Gasteiger partial charge < -0.3 is 4.90 Å². The first-order valence-electron chi connectivity index (χ1n) is 19.0. The van der Waals surface area contributed by atoms with Crippen molar-refractivity contribution in [3.63, 3.8) is 0 Å². The Bertz CT molecular complexity index is 3320. The zero-order valence-electron chi connectivity index (χ0n) is 30.1. The van der Waals surface area contributed by atoms with Crippen LogP contribution < -0.4 is 4.90 Å². The van der Waals surface area contributed by atoms with Crippen LogP contribution in [0.4, 0.5) is 17.1 Å². The SMILES string of the molecule is c1ccc2cc3c(cc2c1)-c1cccc2cccc(c12)N3c1ccc(-c2nc(-c3cccc4ccccc34)nc(-n3c4ccccc4c4ccccc43)n2)cc1. The molecule has 0 bridgehead atoms. The third kappa shape index (κ3) is 4.58. The fourth-order valence-electron chi connectivity index (χ4n) is 8.80. The minimum atomic E-state index is 0.583. The van der Waals surface area contributed by atoms with Gasteiger partial charge in [-0.05, 0) is 87.1 Å². The predicted molar refractivity (Wildman–Crippen MR) is 231 cm³/mol. The molecule has 2 aromatic heterocycles. The summed E-state index contributed by atoms with van der Waals surface area (Å²) in [5.41, 5.74) is 9.86. The lowest BCUT2D eigenvalue weighted by molar-refractivity contribution is 0.954. The van der Waals surface area contributed by atoms with E-state index in [9.17, 15) is 0 Å². The Balaban J connectivity index is 1.06. The maximum Gasteiger partial charge on any atom is 0.238 e. The van der Waals surface area contributed by atoms with Crippen molar-refractivity contribution in [3.8, 4) is 39.9 Å². The van der Waals surface area contributed by atoms with E-state index >= 15 is 0 Å². The molecule has 260 valence electrons. The molecule has 0 saturated carbocycles. The summed E-state index contributed by atoms with van der Waals surface area (Å²) in [7, 11) is 0. The number of fused-ring (bicyclic) bond motifs is 7. The summed E-state index contributed by atoms with van der Waals surface area (Å²) in [6.45, 7) is 0. The van der Waals surface area contributed by atoms with Gasteiger partial charge in [-0.25, -0.2) is 4.98 Å². The van der Waals surface area contributed by atoms with Gasteiger partial charge in [0.05, 0.1) is 22.4 Å². The topological polar surface area (TPSA) is 46.8 Å². The van der Waals surface area contributed by atoms with Gasteiger partial charge >= 0.3 is 0 Å². The van der Waals surface area contributed by atoms with E-state index in [1.165, 1.54) is 38.4 Å². The van der Waals surface area contributed by atoms with E-state index in [2.05, 4.69) is 198 Å². The van der Waals surface area contributed by atoms with E-state index in [1.807, 2.05) is 0 Å². The van der Waals surface area contributed by atoms with Crippen molar-refractivity contribution in [1.29, 1.82) is 0 Å². The minimum absolute atomic E-state index is 0.583. The van der Waals surface area contributed by atoms with Crippen molar-refractivity contribution < 1.29 is 0 Å². The molecule has 0 unspecified atom stereocenters. The van der Waals surface area contributed by atoms with E-state index in [4.69, 9.17) is 15.0 Å². The molecule has 0 amide bonds. The summed E-state index contributed by atoms with van der Waals surface area (Å²) < 4.78 is 2.17. The van der Waals surface area contributed by atoms with Crippen LogP contribution in [0.3, 0.4) is 0 Å². The lowest BCUT2D eigenvalue weighted by Gasteiger charge is -2.34. The standard InChI is InChI=1S/C51H31N5/c1-2-14-36-31-47-43(30-35(36)13-1)41-21-10-16-33-17-11-25-46(48(33)41)55(47)37-28-26-34(27-29-37)49-52-50(42-22-9-15-32-12-3-4-18-38(32)42)54-51(53-49)56-44-23-7-5-19-39(44)40-20-6-8-24-45(40)56/h1-31H. The largest absolute Gasteiger partial charge is 0.309 e. The maximum absolute atomic E-state index is 5.25. The predicted octanol–water partition coefficient (Wildman–Crippen LogP) is 13.2. The molecule has 5 heteroatoms. The quantitative estimate of drug-likeness (QED) is 0.182. The smallest absolute Gasteiger partial charge is 0.238 e. The van der Waals surface area contributed by atoms with Crippen LogP contribution >= 0.6 is 0 Å². The Labute approximate surface area is 322 Å². The summed E-state index contributed by atoms with van der Waals surface area (Å²) in [6, 6.07) is 66.9. The van der Waals surface area contributed by atoms with Gasteiger partial charge in [0.2, 0.25) is 5.95 Å². The first kappa shape index (κ1) is 30.8. The van der Waals surface area contributed by atoms with Crippen LogP contribution in [0.5, 0.6) is 0 Å². The molecule has 0 spiro atoms. The number of aromatic nitrogens is 4. The molecule has 3 heterocycles. The Hall–Kier alpha value is -7.63. The van der Waals surface area contributed by atoms with Crippen molar-refractivity contribution in [3.05, 3.63) is 188 Å². The second kappa shape index (κ2) is 11.9. The number of benzene rings is 9. The Morgan fingerprint density at radius 3 is 1.68 bits per heavy atom. The molecule has 1 aliphatic heterocycles. The van der Waals surface area contributed by atoms with Gasteiger partial charge in [0.15, 0.2) is 11.6 Å². The average Bonchev–Trinajstić information content (AvgIpc) is 3.60. The van der Waals surface area contributed by atoms with Crippen LogP contribution in [0.25, 0.3) is 94.0 Å². The first-order valence-corrected chi connectivity index (χ1v) is 19.0. The van der Waals surface area contributed by atoms with Crippen molar-refractivity contribution in [2.75, 3.05) is 4.90 Å².